The fourth-order valence-electron chi connectivity index (χ4n) is 5.10. The number of ether oxygens (including phenoxy) is 2. The smallest absolute Gasteiger partial charge is 0.162 e. The van der Waals surface area contributed by atoms with Crippen molar-refractivity contribution in [2.45, 2.75) is 53.4 Å². The van der Waals surface area contributed by atoms with Crippen LogP contribution in [0.25, 0.3) is 0 Å². The van der Waals surface area contributed by atoms with Gasteiger partial charge in [0.2, 0.25) is 0 Å². The molecule has 2 N–H and O–H groups in total. The lowest BCUT2D eigenvalue weighted by molar-refractivity contribution is -0.118. The summed E-state index contributed by atoms with van der Waals surface area (Å²) in [6.45, 7) is 11.0. The Morgan fingerprint density at radius 1 is 1.09 bits per heavy atom. The number of nitriles is 1. The highest BCUT2D eigenvalue weighted by atomic mass is 16.5. The number of nitrogens with two attached hydrogens (primary N) is 1. The number of carbonyl (C=O) groups excluding carboxylic acids is 1. The molecule has 2 aromatic rings. The fraction of sp³-hybridized carbons (Fsp3) is 0.379. The molecule has 0 saturated carbocycles. The Kier molecular flexibility index (Phi) is 6.62. The molecule has 6 heteroatoms. The van der Waals surface area contributed by atoms with Crippen molar-refractivity contribution in [3.8, 4) is 17.6 Å². The Morgan fingerprint density at radius 3 is 2.40 bits per heavy atom. The van der Waals surface area contributed by atoms with Gasteiger partial charge in [-0.2, -0.15) is 5.26 Å². The van der Waals surface area contributed by atoms with Gasteiger partial charge in [0, 0.05) is 28.9 Å². The molecule has 6 nitrogen and oxygen atoms in total. The van der Waals surface area contributed by atoms with Crippen LogP contribution < -0.4 is 20.1 Å². The molecule has 0 spiro atoms. The summed E-state index contributed by atoms with van der Waals surface area (Å²) < 4.78 is 11.7. The minimum atomic E-state index is -0.623. The molecule has 1 heterocycles. The topological polar surface area (TPSA) is 88.6 Å². The maximum absolute atomic E-state index is 13.8. The van der Waals surface area contributed by atoms with E-state index in [1.54, 1.807) is 0 Å². The maximum Gasteiger partial charge on any atom is 0.162 e. The van der Waals surface area contributed by atoms with Crippen LogP contribution >= 0.6 is 0 Å². The molecular formula is C29H33N3O3. The number of allylic oxidation sites excluding steroid dienone is 3. The normalized spacial score (nSPS) is 19.4. The molecule has 4 rings (SSSR count). The van der Waals surface area contributed by atoms with Crippen molar-refractivity contribution in [3.05, 3.63) is 76.3 Å². The molecule has 2 aliphatic rings. The zero-order valence-electron chi connectivity index (χ0n) is 21.1. The predicted molar refractivity (Wildman–Crippen MR) is 137 cm³/mol. The first-order valence-electron chi connectivity index (χ1n) is 12.1. The van der Waals surface area contributed by atoms with E-state index < -0.39 is 5.92 Å². The number of nitrogens with zero attached hydrogens (tertiary/aromatic N) is 2. The summed E-state index contributed by atoms with van der Waals surface area (Å²) in [7, 11) is 0. The molecule has 0 aromatic heterocycles. The molecule has 1 aliphatic heterocycles. The number of rotatable bonds is 6. The Bertz CT molecular complexity index is 1250. The van der Waals surface area contributed by atoms with Gasteiger partial charge in [-0.05, 0) is 62.9 Å². The van der Waals surface area contributed by atoms with Gasteiger partial charge in [-0.3, -0.25) is 9.69 Å². The standard InChI is InChI=1S/C29H33N3O3/c1-6-34-20-12-13-25(35-7-2)21(14-20)26-22(17-30)28(31)32(19-10-8-18(3)9-11-19)23-15-29(4,5)16-24(33)27(23)26/h8-14,26H,6-7,15-16,31H2,1-5H3. The number of benzene rings is 2. The zero-order valence-corrected chi connectivity index (χ0v) is 21.1. The lowest BCUT2D eigenvalue weighted by Crippen LogP contribution is -2.42. The van der Waals surface area contributed by atoms with Crippen molar-refractivity contribution < 1.29 is 14.3 Å². The highest BCUT2D eigenvalue weighted by Gasteiger charge is 2.45. The summed E-state index contributed by atoms with van der Waals surface area (Å²) in [6, 6.07) is 15.9. The maximum atomic E-state index is 13.8. The minimum Gasteiger partial charge on any atom is -0.494 e. The van der Waals surface area contributed by atoms with E-state index >= 15 is 0 Å². The van der Waals surface area contributed by atoms with Crippen LogP contribution in [0.4, 0.5) is 5.69 Å². The number of hydrogen-bond donors (Lipinski definition) is 1. The van der Waals surface area contributed by atoms with Crippen molar-refractivity contribution in [1.82, 2.24) is 0 Å². The second-order valence-corrected chi connectivity index (χ2v) is 9.88. The second-order valence-electron chi connectivity index (χ2n) is 9.88. The Hall–Kier alpha value is -3.72. The number of Topliss-reactive ketones (excluding diaryl/α,β-unsaturated/α-hetero) is 1. The first-order chi connectivity index (χ1) is 16.7. The Morgan fingerprint density at radius 2 is 1.77 bits per heavy atom. The lowest BCUT2D eigenvalue weighted by Gasteiger charge is -2.44. The van der Waals surface area contributed by atoms with Gasteiger partial charge in [0.05, 0.1) is 30.8 Å². The quantitative estimate of drug-likeness (QED) is 0.578. The molecule has 0 saturated heterocycles. The van der Waals surface area contributed by atoms with Gasteiger partial charge in [-0.25, -0.2) is 0 Å². The van der Waals surface area contributed by atoms with Crippen molar-refractivity contribution in [1.29, 1.82) is 5.26 Å². The molecule has 0 radical (unpaired) electrons. The van der Waals surface area contributed by atoms with E-state index in [2.05, 4.69) is 19.9 Å². The monoisotopic (exact) mass is 471 g/mol. The van der Waals surface area contributed by atoms with Crippen molar-refractivity contribution in [3.63, 3.8) is 0 Å². The molecule has 1 aliphatic carbocycles. The Labute approximate surface area is 207 Å². The summed E-state index contributed by atoms with van der Waals surface area (Å²) in [6.07, 6.45) is 1.06. The number of hydrogen-bond acceptors (Lipinski definition) is 6. The molecule has 182 valence electrons. The fourth-order valence-corrected chi connectivity index (χ4v) is 5.10. The molecule has 0 fully saturated rings. The van der Waals surface area contributed by atoms with E-state index in [4.69, 9.17) is 15.2 Å². The lowest BCUT2D eigenvalue weighted by atomic mass is 9.68. The van der Waals surface area contributed by atoms with Crippen molar-refractivity contribution in [2.24, 2.45) is 11.1 Å². The summed E-state index contributed by atoms with van der Waals surface area (Å²) in [4.78, 5) is 15.7. The van der Waals surface area contributed by atoms with Crippen LogP contribution in [0, 0.1) is 23.7 Å². The SMILES string of the molecule is CCOc1ccc(OCC)c(C2C(C#N)=C(N)N(c3ccc(C)cc3)C3=C2C(=O)CC(C)(C)C3)c1. The highest BCUT2D eigenvalue weighted by Crippen LogP contribution is 2.52. The molecule has 1 atom stereocenters. The van der Waals surface area contributed by atoms with Crippen LogP contribution in [0.1, 0.15) is 57.6 Å². The predicted octanol–water partition coefficient (Wildman–Crippen LogP) is 5.73. The Balaban J connectivity index is 2.01. The van der Waals surface area contributed by atoms with Gasteiger partial charge in [0.1, 0.15) is 17.3 Å². The summed E-state index contributed by atoms with van der Waals surface area (Å²) in [5, 5.41) is 10.4. The first kappa shape index (κ1) is 24.4. The van der Waals surface area contributed by atoms with Crippen LogP contribution in [0.15, 0.2) is 65.1 Å². The van der Waals surface area contributed by atoms with E-state index in [0.717, 1.165) is 22.5 Å². The molecule has 0 bridgehead atoms. The van der Waals surface area contributed by atoms with E-state index in [0.29, 0.717) is 54.5 Å². The molecule has 1 unspecified atom stereocenters. The number of carbonyl (C=O) groups is 1. The summed E-state index contributed by atoms with van der Waals surface area (Å²) in [5.74, 6) is 1.03. The first-order valence-corrected chi connectivity index (χ1v) is 12.1. The van der Waals surface area contributed by atoms with Gasteiger partial charge in [0.15, 0.2) is 5.78 Å². The van der Waals surface area contributed by atoms with Gasteiger partial charge in [-0.15, -0.1) is 0 Å². The zero-order chi connectivity index (χ0) is 25.3. The average molecular weight is 472 g/mol. The third-order valence-corrected chi connectivity index (χ3v) is 6.58. The molecule has 0 amide bonds. The minimum absolute atomic E-state index is 0.0304. The van der Waals surface area contributed by atoms with E-state index in [1.807, 2.05) is 68.1 Å². The van der Waals surface area contributed by atoms with Crippen LogP contribution in [0.2, 0.25) is 0 Å². The number of aryl methyl sites for hydroxylation is 1. The highest BCUT2D eigenvalue weighted by molar-refractivity contribution is 6.02. The van der Waals surface area contributed by atoms with Crippen LogP contribution in [-0.2, 0) is 4.79 Å². The van der Waals surface area contributed by atoms with E-state index in [9.17, 15) is 10.1 Å². The van der Waals surface area contributed by atoms with Gasteiger partial charge in [-0.1, -0.05) is 31.5 Å². The third kappa shape index (κ3) is 4.51. The summed E-state index contributed by atoms with van der Waals surface area (Å²) in [5.41, 5.74) is 11.0. The van der Waals surface area contributed by atoms with Crippen molar-refractivity contribution >= 4 is 11.5 Å². The summed E-state index contributed by atoms with van der Waals surface area (Å²) >= 11 is 0. The van der Waals surface area contributed by atoms with Crippen LogP contribution in [0.5, 0.6) is 11.5 Å². The number of ketones is 1. The molecular weight excluding hydrogens is 438 g/mol. The van der Waals surface area contributed by atoms with Gasteiger partial charge in [0.25, 0.3) is 0 Å². The molecule has 2 aromatic carbocycles. The second kappa shape index (κ2) is 9.50. The average Bonchev–Trinajstić information content (AvgIpc) is 2.80. The molecule has 35 heavy (non-hydrogen) atoms. The van der Waals surface area contributed by atoms with Gasteiger partial charge >= 0.3 is 0 Å². The van der Waals surface area contributed by atoms with Crippen LogP contribution in [0.3, 0.4) is 0 Å². The van der Waals surface area contributed by atoms with Crippen molar-refractivity contribution in [2.75, 3.05) is 18.1 Å². The van der Waals surface area contributed by atoms with Gasteiger partial charge < -0.3 is 15.2 Å². The third-order valence-electron chi connectivity index (χ3n) is 6.58. The van der Waals surface area contributed by atoms with E-state index in [-0.39, 0.29) is 11.2 Å². The van der Waals surface area contributed by atoms with Crippen LogP contribution in [-0.4, -0.2) is 19.0 Å². The largest absolute Gasteiger partial charge is 0.494 e. The van der Waals surface area contributed by atoms with E-state index in [1.165, 1.54) is 0 Å². The number of anilines is 1.